The highest BCUT2D eigenvalue weighted by Crippen LogP contribution is 2.41. The summed E-state index contributed by atoms with van der Waals surface area (Å²) in [6, 6.07) is 9.57. The molecule has 0 saturated heterocycles. The van der Waals surface area contributed by atoms with Crippen LogP contribution in [-0.2, 0) is 17.6 Å². The number of hydrogen-bond acceptors (Lipinski definition) is 3. The lowest BCUT2D eigenvalue weighted by molar-refractivity contribution is -0.123. The molecule has 1 amide bonds. The van der Waals surface area contributed by atoms with Gasteiger partial charge in [-0.1, -0.05) is 12.1 Å². The Balaban J connectivity index is 1.28. The molecule has 4 rings (SSSR count). The fraction of sp³-hybridized carbons (Fsp3) is 0.435. The fourth-order valence-corrected chi connectivity index (χ4v) is 4.50. The molecule has 0 bridgehead atoms. The van der Waals surface area contributed by atoms with Crippen molar-refractivity contribution in [2.45, 2.75) is 51.5 Å². The SMILES string of the molecule is Cc1ccc(F)c2c1C(CCNC(=O)COc1ccc3c(c1)CCC3)C(C)N2. The normalized spacial score (nSPS) is 19.7. The van der Waals surface area contributed by atoms with Crippen molar-refractivity contribution in [1.29, 1.82) is 0 Å². The summed E-state index contributed by atoms with van der Waals surface area (Å²) in [5.41, 5.74) is 5.47. The largest absolute Gasteiger partial charge is 0.484 e. The van der Waals surface area contributed by atoms with Gasteiger partial charge < -0.3 is 15.4 Å². The number of ether oxygens (including phenoxy) is 1. The molecule has 2 atom stereocenters. The van der Waals surface area contributed by atoms with E-state index in [0.29, 0.717) is 12.2 Å². The van der Waals surface area contributed by atoms with Crippen LogP contribution in [0.2, 0.25) is 0 Å². The second-order valence-electron chi connectivity index (χ2n) is 7.90. The van der Waals surface area contributed by atoms with Crippen molar-refractivity contribution < 1.29 is 13.9 Å². The molecule has 0 aromatic heterocycles. The molecule has 0 fully saturated rings. The van der Waals surface area contributed by atoms with Crippen LogP contribution < -0.4 is 15.4 Å². The van der Waals surface area contributed by atoms with Crippen molar-refractivity contribution in [3.05, 3.63) is 58.4 Å². The van der Waals surface area contributed by atoms with E-state index >= 15 is 0 Å². The van der Waals surface area contributed by atoms with E-state index in [1.807, 2.05) is 19.1 Å². The van der Waals surface area contributed by atoms with Crippen LogP contribution in [0.3, 0.4) is 0 Å². The standard InChI is InChI=1S/C23H27FN2O2/c1-14-6-9-20(24)23-22(14)19(15(2)26-23)10-11-25-21(27)13-28-18-8-7-16-4-3-5-17(16)12-18/h6-9,12,15,19,26H,3-5,10-11,13H2,1-2H3,(H,25,27). The first-order valence-electron chi connectivity index (χ1n) is 10.1. The van der Waals surface area contributed by atoms with Gasteiger partial charge in [0, 0.05) is 18.5 Å². The number of hydrogen-bond donors (Lipinski definition) is 2. The average molecular weight is 382 g/mol. The van der Waals surface area contributed by atoms with E-state index in [0.717, 1.165) is 36.1 Å². The minimum absolute atomic E-state index is 0.0154. The molecule has 2 unspecified atom stereocenters. The van der Waals surface area contributed by atoms with Crippen LogP contribution in [0.15, 0.2) is 30.3 Å². The van der Waals surface area contributed by atoms with Gasteiger partial charge in [-0.2, -0.15) is 0 Å². The predicted octanol–water partition coefficient (Wildman–Crippen LogP) is 4.11. The molecule has 4 nitrogen and oxygen atoms in total. The number of aryl methyl sites for hydroxylation is 3. The van der Waals surface area contributed by atoms with Gasteiger partial charge in [0.15, 0.2) is 6.61 Å². The second kappa shape index (κ2) is 7.82. The van der Waals surface area contributed by atoms with E-state index in [1.54, 1.807) is 0 Å². The van der Waals surface area contributed by atoms with Crippen LogP contribution in [0, 0.1) is 12.7 Å². The number of rotatable bonds is 6. The summed E-state index contributed by atoms with van der Waals surface area (Å²) < 4.78 is 19.7. The molecule has 0 spiro atoms. The smallest absolute Gasteiger partial charge is 0.257 e. The van der Waals surface area contributed by atoms with Crippen LogP contribution in [0.4, 0.5) is 10.1 Å². The molecule has 1 aliphatic carbocycles. The zero-order chi connectivity index (χ0) is 19.7. The van der Waals surface area contributed by atoms with Crippen molar-refractivity contribution in [3.63, 3.8) is 0 Å². The van der Waals surface area contributed by atoms with Crippen LogP contribution >= 0.6 is 0 Å². The van der Waals surface area contributed by atoms with Crippen LogP contribution in [-0.4, -0.2) is 25.1 Å². The number of carbonyl (C=O) groups excluding carboxylic acids is 1. The number of benzene rings is 2. The quantitative estimate of drug-likeness (QED) is 0.791. The van der Waals surface area contributed by atoms with Crippen molar-refractivity contribution >= 4 is 11.6 Å². The molecule has 0 radical (unpaired) electrons. The molecule has 0 saturated carbocycles. The van der Waals surface area contributed by atoms with Gasteiger partial charge >= 0.3 is 0 Å². The summed E-state index contributed by atoms with van der Waals surface area (Å²) in [6.07, 6.45) is 4.18. The van der Waals surface area contributed by atoms with Crippen molar-refractivity contribution in [2.75, 3.05) is 18.5 Å². The Kier molecular flexibility index (Phi) is 5.25. The Morgan fingerprint density at radius 1 is 1.25 bits per heavy atom. The van der Waals surface area contributed by atoms with Gasteiger partial charge in [-0.15, -0.1) is 0 Å². The van der Waals surface area contributed by atoms with Gasteiger partial charge in [-0.05, 0) is 80.0 Å². The Bertz CT molecular complexity index is 896. The number of fused-ring (bicyclic) bond motifs is 2. The Morgan fingerprint density at radius 2 is 2.07 bits per heavy atom. The maximum absolute atomic E-state index is 14.1. The minimum Gasteiger partial charge on any atom is -0.484 e. The molecule has 2 aliphatic rings. The molecule has 2 aromatic carbocycles. The predicted molar refractivity (Wildman–Crippen MR) is 109 cm³/mol. The van der Waals surface area contributed by atoms with E-state index in [4.69, 9.17) is 4.74 Å². The maximum atomic E-state index is 14.1. The Morgan fingerprint density at radius 3 is 2.93 bits per heavy atom. The molecular formula is C23H27FN2O2. The van der Waals surface area contributed by atoms with Gasteiger partial charge in [-0.25, -0.2) is 4.39 Å². The molecule has 2 N–H and O–H groups in total. The lowest BCUT2D eigenvalue weighted by Gasteiger charge is -2.18. The van der Waals surface area contributed by atoms with Gasteiger partial charge in [0.05, 0.1) is 5.69 Å². The fourth-order valence-electron chi connectivity index (χ4n) is 4.50. The average Bonchev–Trinajstić information content (AvgIpc) is 3.28. The Hall–Kier alpha value is -2.56. The zero-order valence-corrected chi connectivity index (χ0v) is 16.5. The first-order valence-corrected chi connectivity index (χ1v) is 10.1. The van der Waals surface area contributed by atoms with Crippen LogP contribution in [0.5, 0.6) is 5.75 Å². The second-order valence-corrected chi connectivity index (χ2v) is 7.90. The van der Waals surface area contributed by atoms with Crippen molar-refractivity contribution in [1.82, 2.24) is 5.32 Å². The lowest BCUT2D eigenvalue weighted by atomic mass is 9.89. The monoisotopic (exact) mass is 382 g/mol. The number of halogens is 1. The summed E-state index contributed by atoms with van der Waals surface area (Å²) >= 11 is 0. The molecular weight excluding hydrogens is 355 g/mol. The maximum Gasteiger partial charge on any atom is 0.257 e. The van der Waals surface area contributed by atoms with Gasteiger partial charge in [0.25, 0.3) is 5.91 Å². The number of nitrogens with one attached hydrogen (secondary N) is 2. The number of anilines is 1. The molecule has 5 heteroatoms. The van der Waals surface area contributed by atoms with Crippen LogP contribution in [0.25, 0.3) is 0 Å². The third-order valence-corrected chi connectivity index (χ3v) is 5.98. The minimum atomic E-state index is -0.207. The third-order valence-electron chi connectivity index (χ3n) is 5.98. The van der Waals surface area contributed by atoms with E-state index < -0.39 is 0 Å². The first-order chi connectivity index (χ1) is 13.5. The van der Waals surface area contributed by atoms with E-state index in [9.17, 15) is 9.18 Å². The summed E-state index contributed by atoms with van der Waals surface area (Å²) in [4.78, 5) is 12.2. The highest BCUT2D eigenvalue weighted by Gasteiger charge is 2.32. The van der Waals surface area contributed by atoms with Gasteiger partial charge in [0.2, 0.25) is 0 Å². The van der Waals surface area contributed by atoms with Gasteiger partial charge in [0.1, 0.15) is 11.6 Å². The summed E-state index contributed by atoms with van der Waals surface area (Å²) in [5.74, 6) is 0.602. The molecule has 148 valence electrons. The van der Waals surface area contributed by atoms with Crippen molar-refractivity contribution in [2.24, 2.45) is 0 Å². The first kappa shape index (κ1) is 18.8. The topological polar surface area (TPSA) is 50.4 Å². The highest BCUT2D eigenvalue weighted by molar-refractivity contribution is 5.77. The van der Waals surface area contributed by atoms with Crippen LogP contribution in [0.1, 0.15) is 47.9 Å². The lowest BCUT2D eigenvalue weighted by Crippen LogP contribution is -2.31. The summed E-state index contributed by atoms with van der Waals surface area (Å²) in [6.45, 7) is 4.62. The van der Waals surface area contributed by atoms with Gasteiger partial charge in [-0.3, -0.25) is 4.79 Å². The summed E-state index contributed by atoms with van der Waals surface area (Å²) in [7, 11) is 0. The molecule has 2 aromatic rings. The van der Waals surface area contributed by atoms with E-state index in [-0.39, 0.29) is 30.3 Å². The molecule has 28 heavy (non-hydrogen) atoms. The highest BCUT2D eigenvalue weighted by atomic mass is 19.1. The number of carbonyl (C=O) groups is 1. The molecule has 1 aliphatic heterocycles. The van der Waals surface area contributed by atoms with E-state index in [1.165, 1.54) is 23.6 Å². The van der Waals surface area contributed by atoms with Crippen molar-refractivity contribution in [3.8, 4) is 5.75 Å². The van der Waals surface area contributed by atoms with E-state index in [2.05, 4.69) is 29.7 Å². The Labute approximate surface area is 165 Å². The number of amides is 1. The third kappa shape index (κ3) is 3.71. The molecule has 1 heterocycles. The summed E-state index contributed by atoms with van der Waals surface area (Å²) in [5, 5.41) is 6.18. The zero-order valence-electron chi connectivity index (χ0n) is 16.5.